The van der Waals surface area contributed by atoms with Crippen LogP contribution in [0.3, 0.4) is 0 Å². The third-order valence-electron chi connectivity index (χ3n) is 2.87. The van der Waals surface area contributed by atoms with Gasteiger partial charge in [0.1, 0.15) is 0 Å². The number of aliphatic hydroxyl groups excluding tert-OH is 1. The van der Waals surface area contributed by atoms with Gasteiger partial charge < -0.3 is 10.0 Å². The normalized spacial score (nSPS) is 10.5. The molecule has 3 nitrogen and oxygen atoms in total. The molecule has 0 bridgehead atoms. The Bertz CT molecular complexity index is 426. The summed E-state index contributed by atoms with van der Waals surface area (Å²) >= 11 is 5.67. The Balaban J connectivity index is 2.83. The van der Waals surface area contributed by atoms with Crippen molar-refractivity contribution in [2.75, 3.05) is 19.7 Å². The molecule has 5 heteroatoms. The first-order valence-corrected chi connectivity index (χ1v) is 6.83. The maximum Gasteiger partial charge on any atom is 0.256 e. The Kier molecular flexibility index (Phi) is 6.81. The molecule has 0 fully saturated rings. The van der Waals surface area contributed by atoms with Crippen LogP contribution in [0.2, 0.25) is 5.02 Å². The molecule has 1 aromatic rings. The van der Waals surface area contributed by atoms with Gasteiger partial charge in [-0.1, -0.05) is 37.4 Å². The van der Waals surface area contributed by atoms with E-state index < -0.39 is 11.7 Å². The lowest BCUT2D eigenvalue weighted by atomic mass is 10.1. The number of unbranched alkanes of at least 4 members (excludes halogenated alkanes) is 2. The van der Waals surface area contributed by atoms with E-state index in [9.17, 15) is 9.18 Å². The van der Waals surface area contributed by atoms with Crippen molar-refractivity contribution in [2.45, 2.75) is 26.2 Å². The molecule has 0 atom stereocenters. The molecule has 1 rings (SSSR count). The molecule has 1 N–H and O–H groups in total. The number of benzene rings is 1. The van der Waals surface area contributed by atoms with E-state index in [1.54, 1.807) is 6.07 Å². The predicted octanol–water partition coefficient (Wildman–Crippen LogP) is 3.10. The average Bonchev–Trinajstić information content (AvgIpc) is 2.40. The average molecular weight is 288 g/mol. The zero-order chi connectivity index (χ0) is 14.3. The second-order valence-electron chi connectivity index (χ2n) is 4.32. The second-order valence-corrected chi connectivity index (χ2v) is 4.73. The Labute approximate surface area is 118 Å². The summed E-state index contributed by atoms with van der Waals surface area (Å²) < 4.78 is 13.8. The standard InChI is InChI=1S/C14H19ClFNO2/c1-2-3-4-8-17(9-10-18)14(19)11-6-5-7-12(15)13(11)16/h5-7,18H,2-4,8-10H2,1H3. The lowest BCUT2D eigenvalue weighted by Gasteiger charge is -2.22. The largest absolute Gasteiger partial charge is 0.395 e. The van der Waals surface area contributed by atoms with Gasteiger partial charge in [-0.3, -0.25) is 4.79 Å². The molecule has 106 valence electrons. The maximum atomic E-state index is 13.8. The van der Waals surface area contributed by atoms with E-state index in [0.717, 1.165) is 19.3 Å². The van der Waals surface area contributed by atoms with E-state index in [4.69, 9.17) is 16.7 Å². The molecule has 1 aromatic carbocycles. The van der Waals surface area contributed by atoms with E-state index in [1.807, 2.05) is 0 Å². The van der Waals surface area contributed by atoms with Gasteiger partial charge in [-0.25, -0.2) is 4.39 Å². The minimum Gasteiger partial charge on any atom is -0.395 e. The van der Waals surface area contributed by atoms with Gasteiger partial charge in [0.25, 0.3) is 5.91 Å². The molecule has 0 unspecified atom stereocenters. The number of nitrogens with zero attached hydrogens (tertiary/aromatic N) is 1. The molecular weight excluding hydrogens is 269 g/mol. The molecule has 19 heavy (non-hydrogen) atoms. The summed E-state index contributed by atoms with van der Waals surface area (Å²) in [5, 5.41) is 8.93. The Morgan fingerprint density at radius 2 is 2.11 bits per heavy atom. The summed E-state index contributed by atoms with van der Waals surface area (Å²) in [5.74, 6) is -1.13. The highest BCUT2D eigenvalue weighted by molar-refractivity contribution is 6.31. The molecule has 0 radical (unpaired) electrons. The third-order valence-corrected chi connectivity index (χ3v) is 3.16. The number of carbonyl (C=O) groups excluding carboxylic acids is 1. The minimum atomic E-state index is -0.701. The van der Waals surface area contributed by atoms with Gasteiger partial charge in [-0.15, -0.1) is 0 Å². The summed E-state index contributed by atoms with van der Waals surface area (Å²) in [6, 6.07) is 4.36. The van der Waals surface area contributed by atoms with Crippen molar-refractivity contribution in [3.05, 3.63) is 34.6 Å². The van der Waals surface area contributed by atoms with Crippen LogP contribution in [-0.2, 0) is 0 Å². The van der Waals surface area contributed by atoms with Crippen molar-refractivity contribution in [3.63, 3.8) is 0 Å². The van der Waals surface area contributed by atoms with E-state index in [1.165, 1.54) is 17.0 Å². The highest BCUT2D eigenvalue weighted by Gasteiger charge is 2.19. The molecule has 0 aliphatic heterocycles. The summed E-state index contributed by atoms with van der Waals surface area (Å²) in [5.41, 5.74) is -0.0440. The van der Waals surface area contributed by atoms with Gasteiger partial charge in [0.15, 0.2) is 5.82 Å². The summed E-state index contributed by atoms with van der Waals surface area (Å²) in [4.78, 5) is 13.7. The van der Waals surface area contributed by atoms with Crippen molar-refractivity contribution in [1.29, 1.82) is 0 Å². The summed E-state index contributed by atoms with van der Waals surface area (Å²) in [7, 11) is 0. The van der Waals surface area contributed by atoms with Crippen LogP contribution < -0.4 is 0 Å². The van der Waals surface area contributed by atoms with Crippen molar-refractivity contribution in [2.24, 2.45) is 0 Å². The molecule has 0 aromatic heterocycles. The molecule has 0 aliphatic carbocycles. The fourth-order valence-electron chi connectivity index (χ4n) is 1.83. The Morgan fingerprint density at radius 1 is 1.37 bits per heavy atom. The Morgan fingerprint density at radius 3 is 2.74 bits per heavy atom. The van der Waals surface area contributed by atoms with Crippen LogP contribution in [0.5, 0.6) is 0 Å². The van der Waals surface area contributed by atoms with Gasteiger partial charge in [0, 0.05) is 13.1 Å². The fourth-order valence-corrected chi connectivity index (χ4v) is 2.00. The van der Waals surface area contributed by atoms with Crippen LogP contribution in [0.15, 0.2) is 18.2 Å². The molecule has 0 spiro atoms. The minimum absolute atomic E-state index is 0.0440. The number of carbonyl (C=O) groups is 1. The molecule has 0 saturated heterocycles. The first-order valence-electron chi connectivity index (χ1n) is 6.46. The lowest BCUT2D eigenvalue weighted by Crippen LogP contribution is -2.35. The summed E-state index contributed by atoms with van der Waals surface area (Å²) in [6.45, 7) is 2.64. The lowest BCUT2D eigenvalue weighted by molar-refractivity contribution is 0.0714. The van der Waals surface area contributed by atoms with E-state index >= 15 is 0 Å². The summed E-state index contributed by atoms with van der Waals surface area (Å²) in [6.07, 6.45) is 2.87. The van der Waals surface area contributed by atoms with Gasteiger partial charge in [-0.2, -0.15) is 0 Å². The molecular formula is C14H19ClFNO2. The van der Waals surface area contributed by atoms with Gasteiger partial charge in [0.05, 0.1) is 17.2 Å². The quantitative estimate of drug-likeness (QED) is 0.783. The highest BCUT2D eigenvalue weighted by Crippen LogP contribution is 2.19. The third kappa shape index (κ3) is 4.48. The van der Waals surface area contributed by atoms with Crippen molar-refractivity contribution in [3.8, 4) is 0 Å². The van der Waals surface area contributed by atoms with Crippen molar-refractivity contribution in [1.82, 2.24) is 4.90 Å². The molecule has 0 aliphatic rings. The second kappa shape index (κ2) is 8.12. The van der Waals surface area contributed by atoms with Crippen LogP contribution in [0.1, 0.15) is 36.5 Å². The number of rotatable bonds is 7. The maximum absolute atomic E-state index is 13.8. The van der Waals surface area contributed by atoms with E-state index in [2.05, 4.69) is 6.92 Å². The smallest absolute Gasteiger partial charge is 0.256 e. The van der Waals surface area contributed by atoms with Gasteiger partial charge in [0.2, 0.25) is 0 Å². The fraction of sp³-hybridized carbons (Fsp3) is 0.500. The SMILES string of the molecule is CCCCCN(CCO)C(=O)c1cccc(Cl)c1F. The van der Waals surface area contributed by atoms with Crippen molar-refractivity contribution >= 4 is 17.5 Å². The van der Waals surface area contributed by atoms with Crippen LogP contribution in [-0.4, -0.2) is 35.6 Å². The topological polar surface area (TPSA) is 40.5 Å². The van der Waals surface area contributed by atoms with Crippen LogP contribution >= 0.6 is 11.6 Å². The molecule has 0 heterocycles. The highest BCUT2D eigenvalue weighted by atomic mass is 35.5. The number of hydrogen-bond acceptors (Lipinski definition) is 2. The van der Waals surface area contributed by atoms with E-state index in [0.29, 0.717) is 6.54 Å². The molecule has 0 saturated carbocycles. The number of amides is 1. The number of halogens is 2. The Hall–Kier alpha value is -1.13. The number of aliphatic hydroxyl groups is 1. The number of hydrogen-bond donors (Lipinski definition) is 1. The molecule has 1 amide bonds. The monoisotopic (exact) mass is 287 g/mol. The van der Waals surface area contributed by atoms with Crippen LogP contribution in [0.25, 0.3) is 0 Å². The van der Waals surface area contributed by atoms with Crippen LogP contribution in [0, 0.1) is 5.82 Å². The first-order chi connectivity index (χ1) is 9.11. The van der Waals surface area contributed by atoms with Crippen molar-refractivity contribution < 1.29 is 14.3 Å². The van der Waals surface area contributed by atoms with Gasteiger partial charge >= 0.3 is 0 Å². The zero-order valence-electron chi connectivity index (χ0n) is 11.0. The van der Waals surface area contributed by atoms with E-state index in [-0.39, 0.29) is 23.7 Å². The zero-order valence-corrected chi connectivity index (χ0v) is 11.8. The van der Waals surface area contributed by atoms with Gasteiger partial charge in [-0.05, 0) is 18.6 Å². The first kappa shape index (κ1) is 15.9. The van der Waals surface area contributed by atoms with Crippen LogP contribution in [0.4, 0.5) is 4.39 Å². The predicted molar refractivity (Wildman–Crippen MR) is 73.9 cm³/mol.